The summed E-state index contributed by atoms with van der Waals surface area (Å²) in [6, 6.07) is 14.2. The number of carbonyl (C=O) groups excluding carboxylic acids is 1. The Balaban J connectivity index is 1.73. The highest BCUT2D eigenvalue weighted by atomic mass is 32.1. The Bertz CT molecular complexity index is 688. The van der Waals surface area contributed by atoms with Crippen molar-refractivity contribution in [3.05, 3.63) is 63.9 Å². The van der Waals surface area contributed by atoms with E-state index in [4.69, 9.17) is 0 Å². The quantitative estimate of drug-likeness (QED) is 0.839. The summed E-state index contributed by atoms with van der Waals surface area (Å²) in [4.78, 5) is 15.8. The van der Waals surface area contributed by atoms with Gasteiger partial charge >= 0.3 is 0 Å². The van der Waals surface area contributed by atoms with Crippen LogP contribution in [-0.2, 0) is 0 Å². The van der Waals surface area contributed by atoms with Gasteiger partial charge in [-0.2, -0.15) is 0 Å². The zero-order valence-corrected chi connectivity index (χ0v) is 15.6. The van der Waals surface area contributed by atoms with Crippen LogP contribution in [0.25, 0.3) is 6.08 Å². The van der Waals surface area contributed by atoms with Crippen LogP contribution in [0.5, 0.6) is 0 Å². The van der Waals surface area contributed by atoms with Crippen molar-refractivity contribution in [3.63, 3.8) is 0 Å². The predicted octanol–water partition coefficient (Wildman–Crippen LogP) is 4.29. The van der Waals surface area contributed by atoms with Crippen molar-refractivity contribution in [2.75, 3.05) is 26.2 Å². The van der Waals surface area contributed by atoms with Crippen molar-refractivity contribution in [1.29, 1.82) is 0 Å². The molecule has 0 radical (unpaired) electrons. The molecular formula is C21H26N2OS. The molecule has 1 saturated heterocycles. The van der Waals surface area contributed by atoms with Gasteiger partial charge in [-0.05, 0) is 55.8 Å². The molecule has 3 rings (SSSR count). The van der Waals surface area contributed by atoms with Crippen LogP contribution in [0.3, 0.4) is 0 Å². The molecule has 3 nitrogen and oxygen atoms in total. The molecule has 0 aliphatic carbocycles. The largest absolute Gasteiger partial charge is 0.334 e. The average molecular weight is 355 g/mol. The molecule has 1 aromatic carbocycles. The van der Waals surface area contributed by atoms with Gasteiger partial charge in [-0.15, -0.1) is 11.3 Å². The Kier molecular flexibility index (Phi) is 6.42. The SMILES string of the molecule is C/C(=C/c1ccccc1)CN(CC1CCNCC1)C(=O)c1cccs1. The van der Waals surface area contributed by atoms with Gasteiger partial charge < -0.3 is 10.2 Å². The summed E-state index contributed by atoms with van der Waals surface area (Å²) in [5.74, 6) is 0.754. The highest BCUT2D eigenvalue weighted by Crippen LogP contribution is 2.19. The van der Waals surface area contributed by atoms with Crippen LogP contribution in [0.15, 0.2) is 53.4 Å². The lowest BCUT2D eigenvalue weighted by Gasteiger charge is -2.30. The fraction of sp³-hybridized carbons (Fsp3) is 0.381. The van der Waals surface area contributed by atoms with Gasteiger partial charge in [0.05, 0.1) is 4.88 Å². The molecule has 0 atom stereocenters. The first kappa shape index (κ1) is 17.9. The molecule has 1 fully saturated rings. The van der Waals surface area contributed by atoms with Gasteiger partial charge in [-0.25, -0.2) is 0 Å². The third-order valence-electron chi connectivity index (χ3n) is 4.61. The number of hydrogen-bond donors (Lipinski definition) is 1. The highest BCUT2D eigenvalue weighted by Gasteiger charge is 2.22. The van der Waals surface area contributed by atoms with Crippen molar-refractivity contribution < 1.29 is 4.79 Å². The molecule has 1 N–H and O–H groups in total. The molecule has 25 heavy (non-hydrogen) atoms. The van der Waals surface area contributed by atoms with Crippen molar-refractivity contribution in [1.82, 2.24) is 10.2 Å². The van der Waals surface area contributed by atoms with Crippen LogP contribution in [0, 0.1) is 5.92 Å². The van der Waals surface area contributed by atoms with E-state index in [-0.39, 0.29) is 5.91 Å². The Labute approximate surface area is 154 Å². The second kappa shape index (κ2) is 8.97. The lowest BCUT2D eigenvalue weighted by Crippen LogP contribution is -2.40. The van der Waals surface area contributed by atoms with Crippen molar-refractivity contribution >= 4 is 23.3 Å². The van der Waals surface area contributed by atoms with Crippen LogP contribution < -0.4 is 5.32 Å². The number of amides is 1. The highest BCUT2D eigenvalue weighted by molar-refractivity contribution is 7.12. The molecule has 2 heterocycles. The van der Waals surface area contributed by atoms with E-state index in [1.807, 2.05) is 40.6 Å². The minimum Gasteiger partial charge on any atom is -0.334 e. The van der Waals surface area contributed by atoms with Crippen LogP contribution >= 0.6 is 11.3 Å². The van der Waals surface area contributed by atoms with Gasteiger partial charge in [0.15, 0.2) is 0 Å². The van der Waals surface area contributed by atoms with E-state index in [0.29, 0.717) is 12.5 Å². The normalized spacial score (nSPS) is 16.0. The summed E-state index contributed by atoms with van der Waals surface area (Å²) in [5.41, 5.74) is 2.40. The zero-order valence-electron chi connectivity index (χ0n) is 14.8. The fourth-order valence-electron chi connectivity index (χ4n) is 3.33. The number of carbonyl (C=O) groups is 1. The summed E-state index contributed by atoms with van der Waals surface area (Å²) >= 11 is 1.53. The summed E-state index contributed by atoms with van der Waals surface area (Å²) in [6.45, 7) is 5.77. The Morgan fingerprint density at radius 3 is 2.64 bits per heavy atom. The maximum absolute atomic E-state index is 13.0. The smallest absolute Gasteiger partial charge is 0.264 e. The van der Waals surface area contributed by atoms with Crippen LogP contribution in [0.4, 0.5) is 0 Å². The fourth-order valence-corrected chi connectivity index (χ4v) is 4.02. The number of hydrogen-bond acceptors (Lipinski definition) is 3. The monoisotopic (exact) mass is 354 g/mol. The second-order valence-electron chi connectivity index (χ2n) is 6.76. The molecule has 4 heteroatoms. The van der Waals surface area contributed by atoms with E-state index in [0.717, 1.165) is 37.4 Å². The Morgan fingerprint density at radius 2 is 1.96 bits per heavy atom. The zero-order chi connectivity index (χ0) is 17.5. The van der Waals surface area contributed by atoms with E-state index in [1.54, 1.807) is 0 Å². The first-order chi connectivity index (χ1) is 12.2. The topological polar surface area (TPSA) is 32.3 Å². The standard InChI is InChI=1S/C21H26N2OS/c1-17(14-18-6-3-2-4-7-18)15-23(16-19-9-11-22-12-10-19)21(24)20-8-5-13-25-20/h2-8,13-14,19,22H,9-12,15-16H2,1H3/b17-14-. The van der Waals surface area contributed by atoms with Crippen molar-refractivity contribution in [2.45, 2.75) is 19.8 Å². The molecule has 1 aliphatic heterocycles. The number of nitrogens with zero attached hydrogens (tertiary/aromatic N) is 1. The van der Waals surface area contributed by atoms with Crippen LogP contribution in [0.1, 0.15) is 35.0 Å². The molecule has 0 unspecified atom stereocenters. The summed E-state index contributed by atoms with van der Waals surface area (Å²) in [5, 5.41) is 5.38. The van der Waals surface area contributed by atoms with Gasteiger partial charge in [-0.1, -0.05) is 48.0 Å². The van der Waals surface area contributed by atoms with Gasteiger partial charge in [0, 0.05) is 13.1 Å². The van der Waals surface area contributed by atoms with Gasteiger partial charge in [0.1, 0.15) is 0 Å². The minimum atomic E-state index is 0.161. The maximum Gasteiger partial charge on any atom is 0.264 e. The molecule has 1 amide bonds. The molecule has 1 aliphatic rings. The molecule has 1 aromatic heterocycles. The van der Waals surface area contributed by atoms with E-state index in [9.17, 15) is 4.79 Å². The van der Waals surface area contributed by atoms with Gasteiger partial charge in [0.25, 0.3) is 5.91 Å². The second-order valence-corrected chi connectivity index (χ2v) is 7.71. The molecule has 0 saturated carbocycles. The summed E-state index contributed by atoms with van der Waals surface area (Å²) in [7, 11) is 0. The first-order valence-electron chi connectivity index (χ1n) is 8.98. The molecule has 2 aromatic rings. The third-order valence-corrected chi connectivity index (χ3v) is 5.47. The van der Waals surface area contributed by atoms with Crippen molar-refractivity contribution in [2.24, 2.45) is 5.92 Å². The van der Waals surface area contributed by atoms with E-state index in [1.165, 1.54) is 22.5 Å². The number of benzene rings is 1. The first-order valence-corrected chi connectivity index (χ1v) is 9.86. The van der Waals surface area contributed by atoms with Crippen molar-refractivity contribution in [3.8, 4) is 0 Å². The van der Waals surface area contributed by atoms with Gasteiger partial charge in [0.2, 0.25) is 0 Å². The lowest BCUT2D eigenvalue weighted by atomic mass is 9.97. The maximum atomic E-state index is 13.0. The summed E-state index contributed by atoms with van der Waals surface area (Å²) < 4.78 is 0. The van der Waals surface area contributed by atoms with E-state index < -0.39 is 0 Å². The predicted molar refractivity (Wildman–Crippen MR) is 106 cm³/mol. The number of nitrogens with one attached hydrogen (secondary N) is 1. The number of thiophene rings is 1. The van der Waals surface area contributed by atoms with Crippen LogP contribution in [0.2, 0.25) is 0 Å². The molecule has 0 bridgehead atoms. The average Bonchev–Trinajstić information content (AvgIpc) is 3.17. The van der Waals surface area contributed by atoms with Crippen LogP contribution in [-0.4, -0.2) is 37.0 Å². The number of piperidine rings is 1. The van der Waals surface area contributed by atoms with E-state index in [2.05, 4.69) is 30.4 Å². The summed E-state index contributed by atoms with van der Waals surface area (Å²) in [6.07, 6.45) is 4.47. The molecule has 0 spiro atoms. The number of rotatable bonds is 6. The van der Waals surface area contributed by atoms with E-state index >= 15 is 0 Å². The lowest BCUT2D eigenvalue weighted by molar-refractivity contribution is 0.0738. The molecule has 132 valence electrons. The third kappa shape index (κ3) is 5.28. The molecular weight excluding hydrogens is 328 g/mol. The van der Waals surface area contributed by atoms with Gasteiger partial charge in [-0.3, -0.25) is 4.79 Å². The minimum absolute atomic E-state index is 0.161. The Morgan fingerprint density at radius 1 is 1.20 bits per heavy atom. The Hall–Kier alpha value is -1.91.